The largest absolute Gasteiger partial charge is 0.367 e. The SMILES string of the molecule is Brc1cccc2c1CNCCN2C1CC1. The summed E-state index contributed by atoms with van der Waals surface area (Å²) in [6.07, 6.45) is 2.73. The highest BCUT2D eigenvalue weighted by molar-refractivity contribution is 9.10. The van der Waals surface area contributed by atoms with Crippen molar-refractivity contribution in [2.75, 3.05) is 18.0 Å². The first-order valence-corrected chi connectivity index (χ1v) is 6.40. The smallest absolute Gasteiger partial charge is 0.0426 e. The van der Waals surface area contributed by atoms with Gasteiger partial charge >= 0.3 is 0 Å². The predicted octanol–water partition coefficient (Wildman–Crippen LogP) is 2.52. The lowest BCUT2D eigenvalue weighted by atomic mass is 10.1. The zero-order chi connectivity index (χ0) is 10.3. The molecule has 1 heterocycles. The molecular formula is C12H15BrN2. The molecule has 1 aliphatic carbocycles. The molecule has 1 fully saturated rings. The van der Waals surface area contributed by atoms with Crippen LogP contribution in [0.3, 0.4) is 0 Å². The quantitative estimate of drug-likeness (QED) is 0.841. The fourth-order valence-corrected chi connectivity index (χ4v) is 2.79. The van der Waals surface area contributed by atoms with Gasteiger partial charge in [0.25, 0.3) is 0 Å². The minimum absolute atomic E-state index is 0.804. The van der Waals surface area contributed by atoms with Crippen molar-refractivity contribution >= 4 is 21.6 Å². The number of benzene rings is 1. The Kier molecular flexibility index (Phi) is 2.45. The molecule has 0 atom stereocenters. The van der Waals surface area contributed by atoms with Gasteiger partial charge < -0.3 is 10.2 Å². The van der Waals surface area contributed by atoms with Crippen molar-refractivity contribution in [3.63, 3.8) is 0 Å². The van der Waals surface area contributed by atoms with Gasteiger partial charge in [0.2, 0.25) is 0 Å². The van der Waals surface area contributed by atoms with Gasteiger partial charge in [0.15, 0.2) is 0 Å². The van der Waals surface area contributed by atoms with Crippen LogP contribution in [0.4, 0.5) is 5.69 Å². The topological polar surface area (TPSA) is 15.3 Å². The van der Waals surface area contributed by atoms with E-state index >= 15 is 0 Å². The van der Waals surface area contributed by atoms with Crippen LogP contribution in [0.1, 0.15) is 18.4 Å². The Hall–Kier alpha value is -0.540. The van der Waals surface area contributed by atoms with E-state index in [-0.39, 0.29) is 0 Å². The summed E-state index contributed by atoms with van der Waals surface area (Å²) in [7, 11) is 0. The Labute approximate surface area is 98.8 Å². The van der Waals surface area contributed by atoms with Crippen LogP contribution in [-0.2, 0) is 6.54 Å². The van der Waals surface area contributed by atoms with Gasteiger partial charge in [-0.3, -0.25) is 0 Å². The highest BCUT2D eigenvalue weighted by atomic mass is 79.9. The van der Waals surface area contributed by atoms with Crippen LogP contribution in [0.2, 0.25) is 0 Å². The first-order chi connectivity index (χ1) is 7.36. The molecule has 15 heavy (non-hydrogen) atoms. The second-order valence-electron chi connectivity index (χ2n) is 4.34. The van der Waals surface area contributed by atoms with Gasteiger partial charge in [0, 0.05) is 41.4 Å². The van der Waals surface area contributed by atoms with E-state index in [1.807, 2.05) is 0 Å². The Morgan fingerprint density at radius 3 is 3.00 bits per heavy atom. The van der Waals surface area contributed by atoms with E-state index in [4.69, 9.17) is 0 Å². The number of rotatable bonds is 1. The van der Waals surface area contributed by atoms with Crippen LogP contribution < -0.4 is 10.2 Å². The molecule has 3 rings (SSSR count). The van der Waals surface area contributed by atoms with Crippen LogP contribution in [0.5, 0.6) is 0 Å². The third-order valence-corrected chi connectivity index (χ3v) is 3.97. The zero-order valence-corrected chi connectivity index (χ0v) is 10.3. The van der Waals surface area contributed by atoms with Gasteiger partial charge in [-0.1, -0.05) is 22.0 Å². The van der Waals surface area contributed by atoms with E-state index in [9.17, 15) is 0 Å². The predicted molar refractivity (Wildman–Crippen MR) is 66.2 cm³/mol. The fourth-order valence-electron chi connectivity index (χ4n) is 2.29. The first-order valence-electron chi connectivity index (χ1n) is 5.61. The zero-order valence-electron chi connectivity index (χ0n) is 8.67. The number of fused-ring (bicyclic) bond motifs is 1. The molecule has 0 aromatic heterocycles. The van der Waals surface area contributed by atoms with Gasteiger partial charge in [0.1, 0.15) is 0 Å². The van der Waals surface area contributed by atoms with E-state index < -0.39 is 0 Å². The summed E-state index contributed by atoms with van der Waals surface area (Å²) in [6, 6.07) is 7.34. The van der Waals surface area contributed by atoms with Crippen LogP contribution in [0.25, 0.3) is 0 Å². The van der Waals surface area contributed by atoms with E-state index in [1.165, 1.54) is 28.6 Å². The lowest BCUT2D eigenvalue weighted by Crippen LogP contribution is -2.30. The van der Waals surface area contributed by atoms with Gasteiger partial charge in [-0.15, -0.1) is 0 Å². The third-order valence-electron chi connectivity index (χ3n) is 3.22. The number of hydrogen-bond donors (Lipinski definition) is 1. The van der Waals surface area contributed by atoms with Gasteiger partial charge in [-0.2, -0.15) is 0 Å². The van der Waals surface area contributed by atoms with Crippen LogP contribution >= 0.6 is 15.9 Å². The van der Waals surface area contributed by atoms with Crippen molar-refractivity contribution in [1.29, 1.82) is 0 Å². The number of nitrogens with one attached hydrogen (secondary N) is 1. The minimum atomic E-state index is 0.804. The molecule has 1 saturated carbocycles. The summed E-state index contributed by atoms with van der Waals surface area (Å²) >= 11 is 3.65. The van der Waals surface area contributed by atoms with E-state index in [0.29, 0.717) is 0 Å². The van der Waals surface area contributed by atoms with Gasteiger partial charge in [0.05, 0.1) is 0 Å². The standard InChI is InChI=1S/C12H15BrN2/c13-11-2-1-3-12-10(11)8-14-6-7-15(12)9-4-5-9/h1-3,9,14H,4-8H2. The summed E-state index contributed by atoms with van der Waals surface area (Å²) in [5, 5.41) is 3.49. The minimum Gasteiger partial charge on any atom is -0.367 e. The van der Waals surface area contributed by atoms with Crippen molar-refractivity contribution < 1.29 is 0 Å². The van der Waals surface area contributed by atoms with Crippen LogP contribution in [0.15, 0.2) is 22.7 Å². The number of halogens is 1. The maximum Gasteiger partial charge on any atom is 0.0426 e. The highest BCUT2D eigenvalue weighted by Crippen LogP contribution is 2.36. The van der Waals surface area contributed by atoms with E-state index in [0.717, 1.165) is 25.7 Å². The summed E-state index contributed by atoms with van der Waals surface area (Å²) in [6.45, 7) is 3.23. The van der Waals surface area contributed by atoms with Gasteiger partial charge in [-0.05, 0) is 25.0 Å². The van der Waals surface area contributed by atoms with Crippen molar-refractivity contribution in [1.82, 2.24) is 5.32 Å². The molecule has 0 amide bonds. The average molecular weight is 267 g/mol. The lowest BCUT2D eigenvalue weighted by Gasteiger charge is -2.24. The third kappa shape index (κ3) is 1.79. The van der Waals surface area contributed by atoms with Crippen molar-refractivity contribution in [2.45, 2.75) is 25.4 Å². The summed E-state index contributed by atoms with van der Waals surface area (Å²) in [5.74, 6) is 0. The molecule has 1 N–H and O–H groups in total. The van der Waals surface area contributed by atoms with E-state index in [1.54, 1.807) is 0 Å². The van der Waals surface area contributed by atoms with Crippen molar-refractivity contribution in [3.8, 4) is 0 Å². The molecule has 1 aromatic rings. The molecule has 1 aromatic carbocycles. The number of nitrogens with zero attached hydrogens (tertiary/aromatic N) is 1. The molecule has 2 nitrogen and oxygen atoms in total. The molecule has 3 heteroatoms. The average Bonchev–Trinajstić information content (AvgIpc) is 3.03. The Bertz CT molecular complexity index is 374. The Morgan fingerprint density at radius 1 is 1.33 bits per heavy atom. The Balaban J connectivity index is 2.04. The normalized spacial score (nSPS) is 21.0. The summed E-state index contributed by atoms with van der Waals surface area (Å²) in [5.41, 5.74) is 2.85. The van der Waals surface area contributed by atoms with E-state index in [2.05, 4.69) is 44.3 Å². The molecule has 80 valence electrons. The fraction of sp³-hybridized carbons (Fsp3) is 0.500. The van der Waals surface area contributed by atoms with Crippen LogP contribution in [0, 0.1) is 0 Å². The van der Waals surface area contributed by atoms with Crippen molar-refractivity contribution in [2.24, 2.45) is 0 Å². The number of anilines is 1. The monoisotopic (exact) mass is 266 g/mol. The maximum atomic E-state index is 3.65. The summed E-state index contributed by atoms with van der Waals surface area (Å²) < 4.78 is 1.24. The van der Waals surface area contributed by atoms with Gasteiger partial charge in [-0.25, -0.2) is 0 Å². The lowest BCUT2D eigenvalue weighted by molar-refractivity contribution is 0.686. The molecule has 0 spiro atoms. The molecular weight excluding hydrogens is 252 g/mol. The molecule has 0 radical (unpaired) electrons. The second kappa shape index (κ2) is 3.80. The molecule has 1 aliphatic heterocycles. The molecule has 2 aliphatic rings. The maximum absolute atomic E-state index is 3.65. The number of hydrogen-bond acceptors (Lipinski definition) is 2. The summed E-state index contributed by atoms with van der Waals surface area (Å²) in [4.78, 5) is 2.57. The Morgan fingerprint density at radius 2 is 2.20 bits per heavy atom. The van der Waals surface area contributed by atoms with Crippen LogP contribution in [-0.4, -0.2) is 19.1 Å². The molecule has 0 bridgehead atoms. The highest BCUT2D eigenvalue weighted by Gasteiger charge is 2.31. The second-order valence-corrected chi connectivity index (χ2v) is 5.19. The molecule has 0 unspecified atom stereocenters. The first kappa shape index (κ1) is 9.67. The van der Waals surface area contributed by atoms with Crippen molar-refractivity contribution in [3.05, 3.63) is 28.2 Å². The molecule has 0 saturated heterocycles.